The van der Waals surface area contributed by atoms with E-state index in [0.717, 1.165) is 29.8 Å². The van der Waals surface area contributed by atoms with Crippen molar-refractivity contribution < 1.29 is 4.74 Å². The highest BCUT2D eigenvalue weighted by Gasteiger charge is 2.36. The number of aliphatic imine (C=N–C) groups is 1. The number of imidazole rings is 1. The molecule has 1 unspecified atom stereocenters. The van der Waals surface area contributed by atoms with Crippen LogP contribution in [0.25, 0.3) is 5.69 Å². The maximum absolute atomic E-state index is 6.40. The first-order valence-electron chi connectivity index (χ1n) is 10.5. The fourth-order valence-electron chi connectivity index (χ4n) is 4.61. The molecule has 0 amide bonds. The summed E-state index contributed by atoms with van der Waals surface area (Å²) in [5.41, 5.74) is 11.8. The Hall–Kier alpha value is -3.45. The van der Waals surface area contributed by atoms with Crippen molar-refractivity contribution in [2.75, 3.05) is 19.5 Å². The van der Waals surface area contributed by atoms with E-state index in [1.165, 1.54) is 11.3 Å². The third kappa shape index (κ3) is 3.58. The maximum Gasteiger partial charge on any atom is 0.198 e. The first-order valence-corrected chi connectivity index (χ1v) is 10.9. The lowest BCUT2D eigenvalue weighted by Gasteiger charge is -2.36. The van der Waals surface area contributed by atoms with Gasteiger partial charge in [0.25, 0.3) is 0 Å². The number of amidine groups is 1. The molecule has 0 radical (unpaired) electrons. The number of hydrogen-bond donors (Lipinski definition) is 2. The summed E-state index contributed by atoms with van der Waals surface area (Å²) in [6.07, 6.45) is 5.07. The topological polar surface area (TPSA) is 80.7 Å². The SMILES string of the molecule is COc1cc(N[C@@H]2N=C(N)C3=C(C(c4ccccc4)CC3)N2C)ccc1-n1cnc(Cl)c1. The van der Waals surface area contributed by atoms with Gasteiger partial charge in [-0.05, 0) is 30.5 Å². The maximum atomic E-state index is 6.40. The van der Waals surface area contributed by atoms with Crippen molar-refractivity contribution in [3.8, 4) is 11.4 Å². The van der Waals surface area contributed by atoms with Crippen LogP contribution in [0.1, 0.15) is 24.3 Å². The minimum Gasteiger partial charge on any atom is -0.494 e. The van der Waals surface area contributed by atoms with Gasteiger partial charge in [-0.25, -0.2) is 9.98 Å². The van der Waals surface area contributed by atoms with Crippen molar-refractivity contribution in [1.29, 1.82) is 0 Å². The Labute approximate surface area is 192 Å². The van der Waals surface area contributed by atoms with Crippen LogP contribution in [0.3, 0.4) is 0 Å². The van der Waals surface area contributed by atoms with E-state index in [-0.39, 0.29) is 6.29 Å². The van der Waals surface area contributed by atoms with Crippen molar-refractivity contribution in [2.24, 2.45) is 10.7 Å². The summed E-state index contributed by atoms with van der Waals surface area (Å²) in [6.45, 7) is 0. The lowest BCUT2D eigenvalue weighted by atomic mass is 9.95. The average Bonchev–Trinajstić information content (AvgIpc) is 3.45. The molecule has 8 heteroatoms. The molecule has 0 bridgehead atoms. The van der Waals surface area contributed by atoms with Gasteiger partial charge in [0.05, 0.1) is 12.8 Å². The lowest BCUT2D eigenvalue weighted by Crippen LogP contribution is -2.43. The normalized spacial score (nSPS) is 20.2. The number of methoxy groups -OCH3 is 1. The van der Waals surface area contributed by atoms with Crippen LogP contribution in [-0.2, 0) is 0 Å². The fraction of sp³-hybridized carbons (Fsp3) is 0.250. The molecule has 2 aliphatic rings. The number of aromatic nitrogens is 2. The number of allylic oxidation sites excluding steroid dienone is 1. The van der Waals surface area contributed by atoms with Gasteiger partial charge in [-0.2, -0.15) is 0 Å². The predicted molar refractivity (Wildman–Crippen MR) is 127 cm³/mol. The number of rotatable bonds is 5. The Bertz CT molecular complexity index is 1200. The van der Waals surface area contributed by atoms with Crippen molar-refractivity contribution in [1.82, 2.24) is 14.5 Å². The molecule has 0 saturated carbocycles. The van der Waals surface area contributed by atoms with Gasteiger partial charge < -0.3 is 25.3 Å². The number of halogens is 1. The van der Waals surface area contributed by atoms with E-state index in [1.54, 1.807) is 19.6 Å². The van der Waals surface area contributed by atoms with Crippen LogP contribution in [0.2, 0.25) is 5.15 Å². The van der Waals surface area contributed by atoms with Gasteiger partial charge in [0.15, 0.2) is 6.29 Å². The molecule has 1 aliphatic carbocycles. The fourth-order valence-corrected chi connectivity index (χ4v) is 4.76. The van der Waals surface area contributed by atoms with Gasteiger partial charge in [-0.1, -0.05) is 41.9 Å². The number of benzene rings is 2. The summed E-state index contributed by atoms with van der Waals surface area (Å²) < 4.78 is 7.44. The van der Waals surface area contributed by atoms with E-state index in [2.05, 4.69) is 46.5 Å². The molecule has 164 valence electrons. The van der Waals surface area contributed by atoms with Crippen LogP contribution in [0, 0.1) is 0 Å². The quantitative estimate of drug-likeness (QED) is 0.606. The van der Waals surface area contributed by atoms with Crippen LogP contribution in [-0.4, -0.2) is 40.7 Å². The highest BCUT2D eigenvalue weighted by atomic mass is 35.5. The molecule has 1 aromatic heterocycles. The van der Waals surface area contributed by atoms with E-state index in [0.29, 0.717) is 22.7 Å². The summed E-state index contributed by atoms with van der Waals surface area (Å²) in [4.78, 5) is 11.0. The molecule has 2 heterocycles. The molecular formula is C24H25ClN6O. The molecule has 5 rings (SSSR count). The number of likely N-dealkylation sites (N-methyl/N-ethyl adjacent to an activating group) is 1. The molecule has 3 N–H and O–H groups in total. The average molecular weight is 449 g/mol. The van der Waals surface area contributed by atoms with E-state index in [1.807, 2.05) is 28.8 Å². The second-order valence-electron chi connectivity index (χ2n) is 8.00. The van der Waals surface area contributed by atoms with Crippen LogP contribution >= 0.6 is 11.6 Å². The zero-order valence-electron chi connectivity index (χ0n) is 18.0. The predicted octanol–water partition coefficient (Wildman–Crippen LogP) is 4.36. The number of ether oxygens (including phenoxy) is 1. The Kier molecular flexibility index (Phi) is 5.27. The zero-order chi connectivity index (χ0) is 22.2. The van der Waals surface area contributed by atoms with E-state index in [4.69, 9.17) is 27.1 Å². The Balaban J connectivity index is 1.42. The molecular weight excluding hydrogens is 424 g/mol. The second-order valence-corrected chi connectivity index (χ2v) is 8.39. The molecule has 0 saturated heterocycles. The first-order chi connectivity index (χ1) is 15.5. The summed E-state index contributed by atoms with van der Waals surface area (Å²) in [7, 11) is 3.72. The van der Waals surface area contributed by atoms with Crippen molar-refractivity contribution in [3.63, 3.8) is 0 Å². The van der Waals surface area contributed by atoms with Crippen LogP contribution in [0.15, 0.2) is 77.3 Å². The van der Waals surface area contributed by atoms with Crippen molar-refractivity contribution >= 4 is 23.1 Å². The van der Waals surface area contributed by atoms with Crippen molar-refractivity contribution in [2.45, 2.75) is 25.0 Å². The first kappa shape index (κ1) is 20.5. The van der Waals surface area contributed by atoms with Gasteiger partial charge in [-0.3, -0.25) is 0 Å². The summed E-state index contributed by atoms with van der Waals surface area (Å²) in [5.74, 6) is 1.63. The highest BCUT2D eigenvalue weighted by molar-refractivity contribution is 6.29. The van der Waals surface area contributed by atoms with Gasteiger partial charge in [0.2, 0.25) is 0 Å². The number of nitrogens with zero attached hydrogens (tertiary/aromatic N) is 4. The summed E-state index contributed by atoms with van der Waals surface area (Å²) >= 11 is 5.97. The third-order valence-corrected chi connectivity index (χ3v) is 6.34. The Morgan fingerprint density at radius 2 is 2.00 bits per heavy atom. The van der Waals surface area contributed by atoms with Crippen molar-refractivity contribution in [3.05, 3.63) is 83.0 Å². The van der Waals surface area contributed by atoms with Gasteiger partial charge in [-0.15, -0.1) is 0 Å². The Morgan fingerprint density at radius 3 is 2.72 bits per heavy atom. The monoisotopic (exact) mass is 448 g/mol. The second kappa shape index (κ2) is 8.24. The summed E-state index contributed by atoms with van der Waals surface area (Å²) in [6, 6.07) is 16.5. The van der Waals surface area contributed by atoms with Gasteiger partial charge in [0.1, 0.15) is 23.1 Å². The van der Waals surface area contributed by atoms with E-state index in [9.17, 15) is 0 Å². The Morgan fingerprint density at radius 1 is 1.19 bits per heavy atom. The number of hydrogen-bond acceptors (Lipinski definition) is 6. The highest BCUT2D eigenvalue weighted by Crippen LogP contribution is 2.43. The van der Waals surface area contributed by atoms with Gasteiger partial charge >= 0.3 is 0 Å². The molecule has 0 fully saturated rings. The standard InChI is InChI=1S/C24H25ClN6O/c1-30-22-17(15-6-4-3-5-7-15)9-10-18(22)23(26)29-24(30)28-16-8-11-19(20(12-16)32-2)31-13-21(25)27-14-31/h3-8,11-14,17,24,28H,9-10H2,1-2H3,(H2,26,29)/t17?,24-/m1/s1. The van der Waals surface area contributed by atoms with Gasteiger partial charge in [0, 0.05) is 42.2 Å². The zero-order valence-corrected chi connectivity index (χ0v) is 18.8. The van der Waals surface area contributed by atoms with Crippen LogP contribution < -0.4 is 15.8 Å². The third-order valence-electron chi connectivity index (χ3n) is 6.15. The molecule has 2 aromatic carbocycles. The molecule has 32 heavy (non-hydrogen) atoms. The molecule has 0 spiro atoms. The largest absolute Gasteiger partial charge is 0.494 e. The number of anilines is 1. The van der Waals surface area contributed by atoms with Crippen LogP contribution in [0.5, 0.6) is 5.75 Å². The van der Waals surface area contributed by atoms with Crippen LogP contribution in [0.4, 0.5) is 5.69 Å². The molecule has 2 atom stereocenters. The minimum absolute atomic E-state index is 0.309. The minimum atomic E-state index is -0.309. The molecule has 7 nitrogen and oxygen atoms in total. The molecule has 1 aliphatic heterocycles. The number of nitrogens with two attached hydrogens (primary N) is 1. The summed E-state index contributed by atoms with van der Waals surface area (Å²) in [5, 5.41) is 3.92. The number of nitrogens with one attached hydrogen (secondary N) is 1. The smallest absolute Gasteiger partial charge is 0.198 e. The van der Waals surface area contributed by atoms with E-state index < -0.39 is 0 Å². The van der Waals surface area contributed by atoms with E-state index >= 15 is 0 Å². The lowest BCUT2D eigenvalue weighted by molar-refractivity contribution is 0.317. The molecule has 3 aromatic rings.